The van der Waals surface area contributed by atoms with E-state index in [9.17, 15) is 0 Å². The molecule has 0 aromatic heterocycles. The van der Waals surface area contributed by atoms with Crippen LogP contribution in [0.4, 0.5) is 0 Å². The molecule has 2 aliphatic heterocycles. The number of hydrogen-bond donors (Lipinski definition) is 0. The number of rotatable bonds is 8. The van der Waals surface area contributed by atoms with Crippen molar-refractivity contribution in [3.05, 3.63) is 30.3 Å². The summed E-state index contributed by atoms with van der Waals surface area (Å²) >= 11 is 0. The molecule has 0 N–H and O–H groups in total. The number of hydrogen-bond acceptors (Lipinski definition) is 2. The third kappa shape index (κ3) is 4.43. The summed E-state index contributed by atoms with van der Waals surface area (Å²) in [5, 5.41) is 1.67. The van der Waals surface area contributed by atoms with Crippen LogP contribution in [-0.2, 0) is 9.47 Å². The van der Waals surface area contributed by atoms with Crippen LogP contribution >= 0.6 is 0 Å². The second-order valence-corrected chi connectivity index (χ2v) is 11.9. The Labute approximate surface area is 160 Å². The highest BCUT2D eigenvalue weighted by atomic mass is 28.2. The van der Waals surface area contributed by atoms with Gasteiger partial charge < -0.3 is 9.47 Å². The molecule has 3 heteroatoms. The molecule has 0 amide bonds. The molecule has 6 atom stereocenters. The number of ether oxygens (including phenoxy) is 2. The Hall–Kier alpha value is -0.643. The fraction of sp³-hybridized carbons (Fsp3) is 0.739. The lowest BCUT2D eigenvalue weighted by Gasteiger charge is -2.25. The third-order valence-electron chi connectivity index (χ3n) is 7.56. The van der Waals surface area contributed by atoms with Gasteiger partial charge in [-0.3, -0.25) is 0 Å². The molecule has 2 nitrogen and oxygen atoms in total. The molecule has 6 unspecified atom stereocenters. The molecule has 4 fully saturated rings. The molecule has 26 heavy (non-hydrogen) atoms. The predicted molar refractivity (Wildman–Crippen MR) is 109 cm³/mol. The highest BCUT2D eigenvalue weighted by Gasteiger charge is 2.44. The van der Waals surface area contributed by atoms with Crippen LogP contribution in [0.15, 0.2) is 30.3 Å². The van der Waals surface area contributed by atoms with Gasteiger partial charge in [0.15, 0.2) is 0 Å². The quantitative estimate of drug-likeness (QED) is 0.511. The van der Waals surface area contributed by atoms with E-state index in [-0.39, 0.29) is 9.52 Å². The molecule has 142 valence electrons. The molecule has 1 aromatic rings. The van der Waals surface area contributed by atoms with Gasteiger partial charge in [-0.2, -0.15) is 0 Å². The van der Waals surface area contributed by atoms with Crippen LogP contribution in [-0.4, -0.2) is 33.9 Å². The first-order valence-corrected chi connectivity index (χ1v) is 12.7. The van der Waals surface area contributed by atoms with Gasteiger partial charge >= 0.3 is 0 Å². The summed E-state index contributed by atoms with van der Waals surface area (Å²) in [5.41, 5.74) is 0.994. The van der Waals surface area contributed by atoms with Crippen LogP contribution in [0.25, 0.3) is 0 Å². The molecular formula is C23H34O2Si. The van der Waals surface area contributed by atoms with Gasteiger partial charge in [0.2, 0.25) is 0 Å². The largest absolute Gasteiger partial charge is 0.370 e. The maximum Gasteiger partial charge on any atom is 0.0844 e. The summed E-state index contributed by atoms with van der Waals surface area (Å²) in [5.74, 6) is 1.89. The van der Waals surface area contributed by atoms with Gasteiger partial charge in [0.25, 0.3) is 0 Å². The Morgan fingerprint density at radius 2 is 1.35 bits per heavy atom. The van der Waals surface area contributed by atoms with Gasteiger partial charge in [-0.1, -0.05) is 61.2 Å². The summed E-state index contributed by atoms with van der Waals surface area (Å²) < 4.78 is 11.5. The zero-order chi connectivity index (χ0) is 17.3. The van der Waals surface area contributed by atoms with E-state index in [1.807, 2.05) is 0 Å². The maximum atomic E-state index is 5.75. The van der Waals surface area contributed by atoms with Gasteiger partial charge in [0.05, 0.1) is 33.9 Å². The molecule has 0 radical (unpaired) electrons. The standard InChI is InChI=1S/C23H34O2Si/c1-2-4-18(5-3-1)26-19(10-6-16-8-12-20-22(14-16)24-20)11-7-17-9-13-21-23(15-17)25-21/h1-5,16-17,19-23H,6-15,26H2. The molecule has 2 aliphatic carbocycles. The molecular weight excluding hydrogens is 336 g/mol. The Morgan fingerprint density at radius 3 is 1.88 bits per heavy atom. The van der Waals surface area contributed by atoms with Crippen LogP contribution in [0.1, 0.15) is 64.2 Å². The van der Waals surface area contributed by atoms with Crippen molar-refractivity contribution in [3.8, 4) is 0 Å². The molecule has 4 aliphatic rings. The lowest BCUT2D eigenvalue weighted by Crippen LogP contribution is -2.22. The topological polar surface area (TPSA) is 25.1 Å². The SMILES string of the molecule is c1ccc([SiH2]C(CCC2CCC3OC3C2)CCC2CCC3OC3C2)cc1. The minimum absolute atomic E-state index is 0.158. The van der Waals surface area contributed by atoms with Crippen molar-refractivity contribution in [2.24, 2.45) is 11.8 Å². The Balaban J connectivity index is 1.13. The van der Waals surface area contributed by atoms with E-state index in [2.05, 4.69) is 30.3 Å². The van der Waals surface area contributed by atoms with Crippen molar-refractivity contribution in [1.29, 1.82) is 0 Å². The van der Waals surface area contributed by atoms with Gasteiger partial charge in [0.1, 0.15) is 0 Å². The lowest BCUT2D eigenvalue weighted by molar-refractivity contribution is 0.328. The number of benzene rings is 1. The van der Waals surface area contributed by atoms with Gasteiger partial charge in [0, 0.05) is 0 Å². The van der Waals surface area contributed by atoms with Crippen molar-refractivity contribution in [2.75, 3.05) is 0 Å². The molecule has 2 heterocycles. The number of fused-ring (bicyclic) bond motifs is 2. The van der Waals surface area contributed by atoms with Gasteiger partial charge in [-0.15, -0.1) is 0 Å². The summed E-state index contributed by atoms with van der Waals surface area (Å²) in [6, 6.07) is 11.4. The van der Waals surface area contributed by atoms with Crippen LogP contribution in [0.5, 0.6) is 0 Å². The third-order valence-corrected chi connectivity index (χ3v) is 9.90. The van der Waals surface area contributed by atoms with E-state index in [0.29, 0.717) is 24.4 Å². The van der Waals surface area contributed by atoms with E-state index in [4.69, 9.17) is 9.47 Å². The minimum atomic E-state index is -0.158. The first-order valence-electron chi connectivity index (χ1n) is 11.2. The zero-order valence-corrected chi connectivity index (χ0v) is 17.4. The highest BCUT2D eigenvalue weighted by molar-refractivity contribution is 6.54. The van der Waals surface area contributed by atoms with Gasteiger partial charge in [-0.05, 0) is 55.9 Å². The van der Waals surface area contributed by atoms with Crippen molar-refractivity contribution in [1.82, 2.24) is 0 Å². The lowest BCUT2D eigenvalue weighted by atomic mass is 9.83. The van der Waals surface area contributed by atoms with Crippen LogP contribution in [0.3, 0.4) is 0 Å². The summed E-state index contributed by atoms with van der Waals surface area (Å²) in [6.45, 7) is 0. The molecule has 0 spiro atoms. The van der Waals surface area contributed by atoms with E-state index < -0.39 is 0 Å². The zero-order valence-electron chi connectivity index (χ0n) is 16.0. The van der Waals surface area contributed by atoms with Crippen molar-refractivity contribution in [2.45, 2.75) is 94.2 Å². The van der Waals surface area contributed by atoms with E-state index in [0.717, 1.165) is 17.4 Å². The van der Waals surface area contributed by atoms with Gasteiger partial charge in [-0.25, -0.2) is 0 Å². The molecule has 2 saturated heterocycles. The average molecular weight is 371 g/mol. The van der Waals surface area contributed by atoms with Crippen molar-refractivity contribution >= 4 is 14.7 Å². The molecule has 2 saturated carbocycles. The number of epoxide rings is 2. The maximum absolute atomic E-state index is 5.75. The van der Waals surface area contributed by atoms with Crippen LogP contribution in [0, 0.1) is 11.8 Å². The minimum Gasteiger partial charge on any atom is -0.370 e. The Kier molecular flexibility index (Phi) is 5.22. The van der Waals surface area contributed by atoms with Crippen molar-refractivity contribution in [3.63, 3.8) is 0 Å². The first kappa shape index (κ1) is 17.5. The summed E-state index contributed by atoms with van der Waals surface area (Å²) in [6.07, 6.45) is 16.7. The molecule has 1 aromatic carbocycles. The normalized spacial score (nSPS) is 39.4. The van der Waals surface area contributed by atoms with E-state index in [1.165, 1.54) is 64.2 Å². The Bertz CT molecular complexity index is 559. The van der Waals surface area contributed by atoms with E-state index in [1.54, 1.807) is 5.19 Å². The fourth-order valence-electron chi connectivity index (χ4n) is 5.74. The second-order valence-electron chi connectivity index (χ2n) is 9.49. The average Bonchev–Trinajstić information content (AvgIpc) is 3.58. The first-order chi connectivity index (χ1) is 12.8. The predicted octanol–water partition coefficient (Wildman–Crippen LogP) is 3.96. The van der Waals surface area contributed by atoms with Crippen LogP contribution in [0.2, 0.25) is 5.54 Å². The van der Waals surface area contributed by atoms with Crippen LogP contribution < -0.4 is 5.19 Å². The molecule has 0 bridgehead atoms. The van der Waals surface area contributed by atoms with E-state index >= 15 is 0 Å². The monoisotopic (exact) mass is 370 g/mol. The second kappa shape index (κ2) is 7.77. The summed E-state index contributed by atoms with van der Waals surface area (Å²) in [4.78, 5) is 0. The highest BCUT2D eigenvalue weighted by Crippen LogP contribution is 2.43. The Morgan fingerprint density at radius 1 is 0.769 bits per heavy atom. The fourth-order valence-corrected chi connectivity index (χ4v) is 7.83. The van der Waals surface area contributed by atoms with Crippen molar-refractivity contribution < 1.29 is 9.47 Å². The smallest absolute Gasteiger partial charge is 0.0844 e. The summed E-state index contributed by atoms with van der Waals surface area (Å²) in [7, 11) is -0.158. The molecule has 5 rings (SSSR count).